The Labute approximate surface area is 160 Å². The van der Waals surface area contributed by atoms with E-state index in [0.717, 1.165) is 23.3 Å². The summed E-state index contributed by atoms with van der Waals surface area (Å²) in [7, 11) is 1.63. The number of nitrogens with one attached hydrogen (secondary N) is 1. The van der Waals surface area contributed by atoms with Gasteiger partial charge in [0, 0.05) is 26.1 Å². The van der Waals surface area contributed by atoms with E-state index in [9.17, 15) is 9.59 Å². The maximum absolute atomic E-state index is 12.5. The zero-order chi connectivity index (χ0) is 19.2. The Kier molecular flexibility index (Phi) is 6.12. The van der Waals surface area contributed by atoms with Gasteiger partial charge in [0.1, 0.15) is 5.75 Å². The van der Waals surface area contributed by atoms with Gasteiger partial charge < -0.3 is 15.0 Å². The summed E-state index contributed by atoms with van der Waals surface area (Å²) in [5.41, 5.74) is 3.38. The molecule has 1 aliphatic heterocycles. The number of nitrogens with zero attached hydrogens (tertiary/aromatic N) is 1. The molecule has 3 rings (SSSR count). The van der Waals surface area contributed by atoms with E-state index < -0.39 is 0 Å². The molecule has 0 spiro atoms. The van der Waals surface area contributed by atoms with Gasteiger partial charge in [-0.2, -0.15) is 0 Å². The van der Waals surface area contributed by atoms with Crippen molar-refractivity contribution in [3.63, 3.8) is 0 Å². The third-order valence-corrected chi connectivity index (χ3v) is 5.02. The highest BCUT2D eigenvalue weighted by Gasteiger charge is 2.34. The molecule has 0 radical (unpaired) electrons. The molecule has 1 saturated heterocycles. The van der Waals surface area contributed by atoms with Gasteiger partial charge in [-0.25, -0.2) is 0 Å². The monoisotopic (exact) mass is 366 g/mol. The zero-order valence-corrected chi connectivity index (χ0v) is 15.9. The zero-order valence-electron chi connectivity index (χ0n) is 15.9. The molecule has 5 heteroatoms. The molecule has 0 unspecified atom stereocenters. The van der Waals surface area contributed by atoms with Crippen LogP contribution in [0.1, 0.15) is 30.0 Å². The van der Waals surface area contributed by atoms with E-state index in [1.807, 2.05) is 36.4 Å². The predicted molar refractivity (Wildman–Crippen MR) is 104 cm³/mol. The fourth-order valence-electron chi connectivity index (χ4n) is 3.28. The largest absolute Gasteiger partial charge is 0.497 e. The van der Waals surface area contributed by atoms with E-state index in [1.54, 1.807) is 12.0 Å². The molecule has 27 heavy (non-hydrogen) atoms. The number of amides is 2. The first-order valence-corrected chi connectivity index (χ1v) is 9.35. The SMILES string of the molecule is CCc1ccc(CNC(=O)[C@@H]2CC(=O)N(Cc3ccc(OC)cc3)C2)cc1. The number of ether oxygens (including phenoxy) is 1. The predicted octanol–water partition coefficient (Wildman–Crippen LogP) is 2.92. The Morgan fingerprint density at radius 1 is 1.07 bits per heavy atom. The minimum atomic E-state index is -0.286. The van der Waals surface area contributed by atoms with Crippen molar-refractivity contribution in [3.05, 3.63) is 65.2 Å². The van der Waals surface area contributed by atoms with Gasteiger partial charge in [-0.05, 0) is 35.2 Å². The van der Waals surface area contributed by atoms with Crippen LogP contribution in [0.15, 0.2) is 48.5 Å². The van der Waals surface area contributed by atoms with Gasteiger partial charge in [-0.3, -0.25) is 9.59 Å². The van der Waals surface area contributed by atoms with Crippen LogP contribution in [0.5, 0.6) is 5.75 Å². The molecule has 5 nitrogen and oxygen atoms in total. The van der Waals surface area contributed by atoms with Gasteiger partial charge in [0.2, 0.25) is 11.8 Å². The summed E-state index contributed by atoms with van der Waals surface area (Å²) in [5, 5.41) is 2.96. The summed E-state index contributed by atoms with van der Waals surface area (Å²) >= 11 is 0. The third kappa shape index (κ3) is 4.88. The summed E-state index contributed by atoms with van der Waals surface area (Å²) in [4.78, 5) is 26.5. The lowest BCUT2D eigenvalue weighted by Gasteiger charge is -2.17. The van der Waals surface area contributed by atoms with Gasteiger partial charge in [-0.1, -0.05) is 43.3 Å². The molecule has 1 aliphatic rings. The van der Waals surface area contributed by atoms with Gasteiger partial charge in [-0.15, -0.1) is 0 Å². The molecule has 1 fully saturated rings. The average molecular weight is 366 g/mol. The first-order chi connectivity index (χ1) is 13.1. The van der Waals surface area contributed by atoms with E-state index >= 15 is 0 Å². The van der Waals surface area contributed by atoms with Crippen LogP contribution in [-0.4, -0.2) is 30.4 Å². The molecular formula is C22H26N2O3. The lowest BCUT2D eigenvalue weighted by Crippen LogP contribution is -2.32. The van der Waals surface area contributed by atoms with Crippen LogP contribution < -0.4 is 10.1 Å². The molecule has 0 aliphatic carbocycles. The number of methoxy groups -OCH3 is 1. The van der Waals surface area contributed by atoms with Crippen LogP contribution in [0.4, 0.5) is 0 Å². The van der Waals surface area contributed by atoms with Crippen molar-refractivity contribution in [3.8, 4) is 5.75 Å². The van der Waals surface area contributed by atoms with Crippen molar-refractivity contribution in [1.82, 2.24) is 10.2 Å². The van der Waals surface area contributed by atoms with Crippen LogP contribution in [-0.2, 0) is 29.1 Å². The van der Waals surface area contributed by atoms with E-state index in [0.29, 0.717) is 19.6 Å². The molecule has 2 aromatic rings. The summed E-state index contributed by atoms with van der Waals surface area (Å²) < 4.78 is 5.15. The Bertz CT molecular complexity index is 784. The van der Waals surface area contributed by atoms with Crippen molar-refractivity contribution in [2.24, 2.45) is 5.92 Å². The first kappa shape index (κ1) is 19.0. The highest BCUT2D eigenvalue weighted by molar-refractivity contribution is 5.89. The normalized spacial score (nSPS) is 16.4. The molecule has 0 saturated carbocycles. The number of carbonyl (C=O) groups excluding carboxylic acids is 2. The van der Waals surface area contributed by atoms with Crippen molar-refractivity contribution in [1.29, 1.82) is 0 Å². The summed E-state index contributed by atoms with van der Waals surface area (Å²) in [5.74, 6) is 0.472. The lowest BCUT2D eigenvalue weighted by molar-refractivity contribution is -0.129. The topological polar surface area (TPSA) is 58.6 Å². The van der Waals surface area contributed by atoms with Gasteiger partial charge in [0.15, 0.2) is 0 Å². The number of hydrogen-bond acceptors (Lipinski definition) is 3. The fraction of sp³-hybridized carbons (Fsp3) is 0.364. The maximum Gasteiger partial charge on any atom is 0.225 e. The molecule has 2 amide bonds. The minimum absolute atomic E-state index is 0.0262. The van der Waals surface area contributed by atoms with E-state index in [4.69, 9.17) is 4.74 Å². The van der Waals surface area contributed by atoms with Gasteiger partial charge in [0.25, 0.3) is 0 Å². The number of rotatable bonds is 7. The number of carbonyl (C=O) groups is 2. The maximum atomic E-state index is 12.5. The number of benzene rings is 2. The quantitative estimate of drug-likeness (QED) is 0.820. The number of hydrogen-bond donors (Lipinski definition) is 1. The molecular weight excluding hydrogens is 340 g/mol. The van der Waals surface area contributed by atoms with Gasteiger partial charge >= 0.3 is 0 Å². The van der Waals surface area contributed by atoms with Crippen LogP contribution in [0.25, 0.3) is 0 Å². The number of likely N-dealkylation sites (tertiary alicyclic amines) is 1. The van der Waals surface area contributed by atoms with E-state index in [2.05, 4.69) is 24.4 Å². The molecule has 1 N–H and O–H groups in total. The Morgan fingerprint density at radius 3 is 2.33 bits per heavy atom. The van der Waals surface area contributed by atoms with Crippen molar-refractivity contribution in [2.75, 3.05) is 13.7 Å². The Morgan fingerprint density at radius 2 is 1.70 bits per heavy atom. The van der Waals surface area contributed by atoms with Crippen LogP contribution >= 0.6 is 0 Å². The lowest BCUT2D eigenvalue weighted by atomic mass is 10.1. The first-order valence-electron chi connectivity index (χ1n) is 9.35. The molecule has 0 aromatic heterocycles. The van der Waals surface area contributed by atoms with Crippen molar-refractivity contribution < 1.29 is 14.3 Å². The second-order valence-electron chi connectivity index (χ2n) is 6.91. The van der Waals surface area contributed by atoms with Crippen LogP contribution in [0.3, 0.4) is 0 Å². The molecule has 1 heterocycles. The van der Waals surface area contributed by atoms with Crippen LogP contribution in [0, 0.1) is 5.92 Å². The Balaban J connectivity index is 1.51. The molecule has 2 aromatic carbocycles. The summed E-state index contributed by atoms with van der Waals surface area (Å²) in [6, 6.07) is 15.9. The standard InChI is InChI=1S/C22H26N2O3/c1-3-16-4-6-17(7-5-16)13-23-22(26)19-12-21(25)24(15-19)14-18-8-10-20(27-2)11-9-18/h4-11,19H,3,12-15H2,1-2H3,(H,23,26)/t19-/m1/s1. The average Bonchev–Trinajstić information content (AvgIpc) is 3.07. The highest BCUT2D eigenvalue weighted by Crippen LogP contribution is 2.21. The second kappa shape index (κ2) is 8.71. The number of aryl methyl sites for hydroxylation is 1. The fourth-order valence-corrected chi connectivity index (χ4v) is 3.28. The molecule has 142 valence electrons. The highest BCUT2D eigenvalue weighted by atomic mass is 16.5. The van der Waals surface area contributed by atoms with Crippen LogP contribution in [0.2, 0.25) is 0 Å². The van der Waals surface area contributed by atoms with E-state index in [1.165, 1.54) is 5.56 Å². The minimum Gasteiger partial charge on any atom is -0.497 e. The second-order valence-corrected chi connectivity index (χ2v) is 6.91. The summed E-state index contributed by atoms with van der Waals surface area (Å²) in [6.45, 7) is 3.59. The smallest absolute Gasteiger partial charge is 0.225 e. The van der Waals surface area contributed by atoms with Crippen molar-refractivity contribution >= 4 is 11.8 Å². The van der Waals surface area contributed by atoms with Crippen molar-refractivity contribution in [2.45, 2.75) is 32.9 Å². The Hall–Kier alpha value is -2.82. The van der Waals surface area contributed by atoms with Gasteiger partial charge in [0.05, 0.1) is 13.0 Å². The molecule has 1 atom stereocenters. The third-order valence-electron chi connectivity index (χ3n) is 5.02. The van der Waals surface area contributed by atoms with E-state index in [-0.39, 0.29) is 24.2 Å². The summed E-state index contributed by atoms with van der Waals surface area (Å²) in [6.07, 6.45) is 1.28. The molecule has 0 bridgehead atoms.